The van der Waals surface area contributed by atoms with Crippen molar-refractivity contribution < 1.29 is 0 Å². The number of rotatable bonds is 4. The third-order valence-corrected chi connectivity index (χ3v) is 10.7. The molecular weight excluding hydrogens is 559 g/mol. The van der Waals surface area contributed by atoms with Gasteiger partial charge in [-0.1, -0.05) is 97.1 Å². The van der Waals surface area contributed by atoms with Gasteiger partial charge in [-0.3, -0.25) is 0 Å². The third kappa shape index (κ3) is 3.97. The molecule has 0 N–H and O–H groups in total. The maximum Gasteiger partial charge on any atom is 0.0554 e. The van der Waals surface area contributed by atoms with Crippen molar-refractivity contribution in [3.05, 3.63) is 152 Å². The first kappa shape index (κ1) is 24.6. The van der Waals surface area contributed by atoms with Gasteiger partial charge in [0.15, 0.2) is 0 Å². The van der Waals surface area contributed by atoms with Gasteiger partial charge in [0.05, 0.1) is 5.69 Å². The summed E-state index contributed by atoms with van der Waals surface area (Å²) in [4.78, 5) is 2.44. The fraction of sp³-hybridized carbons (Fsp3) is 0. The predicted molar refractivity (Wildman–Crippen MR) is 190 cm³/mol. The van der Waals surface area contributed by atoms with Crippen molar-refractivity contribution in [2.24, 2.45) is 0 Å². The van der Waals surface area contributed by atoms with Crippen LogP contribution in [0.3, 0.4) is 0 Å². The highest BCUT2D eigenvalue weighted by atomic mass is 32.1. The topological polar surface area (TPSA) is 3.24 Å². The molecule has 2 heterocycles. The lowest BCUT2D eigenvalue weighted by atomic mass is 10.0. The number of benzene rings is 7. The average molecular weight is 584 g/mol. The van der Waals surface area contributed by atoms with E-state index >= 15 is 0 Å². The van der Waals surface area contributed by atoms with Crippen LogP contribution in [-0.2, 0) is 0 Å². The molecule has 0 aliphatic heterocycles. The molecule has 0 spiro atoms. The van der Waals surface area contributed by atoms with Gasteiger partial charge in [0.2, 0.25) is 0 Å². The van der Waals surface area contributed by atoms with E-state index in [1.807, 2.05) is 22.7 Å². The zero-order chi connectivity index (χ0) is 28.3. The Labute approximate surface area is 257 Å². The second kappa shape index (κ2) is 9.81. The van der Waals surface area contributed by atoms with E-state index in [2.05, 4.69) is 157 Å². The average Bonchev–Trinajstić information content (AvgIpc) is 3.65. The summed E-state index contributed by atoms with van der Waals surface area (Å²) in [5.41, 5.74) is 5.94. The molecule has 3 heteroatoms. The SMILES string of the molecule is c1ccc(-c2ccc(N(c3ccc4c(ccc5sc6ccccc6c54)c3)c3cccc4sc5ccccc5c34)cc2)cc1. The third-order valence-electron chi connectivity index (χ3n) is 8.45. The van der Waals surface area contributed by atoms with Gasteiger partial charge >= 0.3 is 0 Å². The first-order chi connectivity index (χ1) is 21.3. The molecule has 9 rings (SSSR count). The van der Waals surface area contributed by atoms with Crippen LogP contribution >= 0.6 is 22.7 Å². The summed E-state index contributed by atoms with van der Waals surface area (Å²) >= 11 is 3.74. The van der Waals surface area contributed by atoms with Gasteiger partial charge in [-0.25, -0.2) is 0 Å². The summed E-state index contributed by atoms with van der Waals surface area (Å²) in [6.07, 6.45) is 0. The molecule has 2 aromatic heterocycles. The van der Waals surface area contributed by atoms with Crippen LogP contribution in [0, 0.1) is 0 Å². The summed E-state index contributed by atoms with van der Waals surface area (Å²) in [6, 6.07) is 55.4. The molecule has 0 saturated heterocycles. The molecule has 0 saturated carbocycles. The van der Waals surface area contributed by atoms with Crippen molar-refractivity contribution >= 4 is 90.9 Å². The van der Waals surface area contributed by atoms with Crippen LogP contribution in [-0.4, -0.2) is 0 Å². The lowest BCUT2D eigenvalue weighted by molar-refractivity contribution is 1.31. The van der Waals surface area contributed by atoms with Crippen LogP contribution in [0.2, 0.25) is 0 Å². The maximum atomic E-state index is 2.44. The largest absolute Gasteiger partial charge is 0.310 e. The summed E-state index contributed by atoms with van der Waals surface area (Å²) in [5.74, 6) is 0. The quantitative estimate of drug-likeness (QED) is 0.199. The van der Waals surface area contributed by atoms with E-state index in [-0.39, 0.29) is 0 Å². The molecule has 202 valence electrons. The van der Waals surface area contributed by atoms with Gasteiger partial charge in [0.25, 0.3) is 0 Å². The number of nitrogens with zero attached hydrogens (tertiary/aromatic N) is 1. The van der Waals surface area contributed by atoms with Crippen molar-refractivity contribution in [2.45, 2.75) is 0 Å². The molecule has 0 aliphatic carbocycles. The zero-order valence-corrected chi connectivity index (χ0v) is 24.8. The monoisotopic (exact) mass is 583 g/mol. The van der Waals surface area contributed by atoms with Gasteiger partial charge in [-0.2, -0.15) is 0 Å². The summed E-state index contributed by atoms with van der Waals surface area (Å²) in [7, 11) is 0. The molecule has 0 unspecified atom stereocenters. The standard InChI is InChI=1S/C40H25NS2/c1-2-9-26(10-3-1)27-17-20-29(21-18-27)41(34-13-8-16-37-40(34)33-12-5-7-15-36(33)42-37)30-22-23-31-28(25-30)19-24-38-39(31)32-11-4-6-14-35(32)43-38/h1-25H. The fourth-order valence-corrected chi connectivity index (χ4v) is 8.73. The minimum absolute atomic E-state index is 1.14. The Morgan fingerprint density at radius 2 is 0.977 bits per heavy atom. The molecule has 43 heavy (non-hydrogen) atoms. The lowest BCUT2D eigenvalue weighted by Crippen LogP contribution is -2.10. The van der Waals surface area contributed by atoms with E-state index < -0.39 is 0 Å². The fourth-order valence-electron chi connectivity index (χ4n) is 6.48. The Kier molecular flexibility index (Phi) is 5.62. The molecule has 0 aliphatic rings. The minimum Gasteiger partial charge on any atom is -0.310 e. The second-order valence-electron chi connectivity index (χ2n) is 10.9. The molecule has 0 radical (unpaired) electrons. The Morgan fingerprint density at radius 3 is 1.74 bits per heavy atom. The molecule has 0 amide bonds. The molecule has 0 bridgehead atoms. The Morgan fingerprint density at radius 1 is 0.372 bits per heavy atom. The van der Waals surface area contributed by atoms with Crippen molar-refractivity contribution in [2.75, 3.05) is 4.90 Å². The first-order valence-electron chi connectivity index (χ1n) is 14.5. The van der Waals surface area contributed by atoms with E-state index in [0.29, 0.717) is 0 Å². The molecule has 9 aromatic rings. The highest BCUT2D eigenvalue weighted by Gasteiger charge is 2.19. The van der Waals surface area contributed by atoms with Crippen molar-refractivity contribution in [1.29, 1.82) is 0 Å². The first-order valence-corrected chi connectivity index (χ1v) is 16.1. The zero-order valence-electron chi connectivity index (χ0n) is 23.2. The van der Waals surface area contributed by atoms with E-state index in [0.717, 1.165) is 11.4 Å². The van der Waals surface area contributed by atoms with Crippen molar-refractivity contribution in [1.82, 2.24) is 0 Å². The maximum absolute atomic E-state index is 2.44. The summed E-state index contributed by atoms with van der Waals surface area (Å²) in [6.45, 7) is 0. The number of hydrogen-bond donors (Lipinski definition) is 0. The molecule has 1 nitrogen and oxygen atoms in total. The van der Waals surface area contributed by atoms with Crippen LogP contribution in [0.5, 0.6) is 0 Å². The van der Waals surface area contributed by atoms with E-state index in [4.69, 9.17) is 0 Å². The Bertz CT molecular complexity index is 2450. The predicted octanol–water partition coefficient (Wildman–Crippen LogP) is 12.7. The number of hydrogen-bond acceptors (Lipinski definition) is 3. The highest BCUT2D eigenvalue weighted by Crippen LogP contribution is 2.46. The van der Waals surface area contributed by atoms with E-state index in [1.54, 1.807) is 0 Å². The second-order valence-corrected chi connectivity index (χ2v) is 13.1. The van der Waals surface area contributed by atoms with Crippen LogP contribution in [0.1, 0.15) is 0 Å². The highest BCUT2D eigenvalue weighted by molar-refractivity contribution is 7.26. The van der Waals surface area contributed by atoms with Crippen molar-refractivity contribution in [3.63, 3.8) is 0 Å². The van der Waals surface area contributed by atoms with Crippen LogP contribution < -0.4 is 4.90 Å². The van der Waals surface area contributed by atoms with Crippen molar-refractivity contribution in [3.8, 4) is 11.1 Å². The van der Waals surface area contributed by atoms with Gasteiger partial charge in [0.1, 0.15) is 0 Å². The number of fused-ring (bicyclic) bond motifs is 8. The Balaban J connectivity index is 1.28. The summed E-state index contributed by atoms with van der Waals surface area (Å²) < 4.78 is 5.29. The van der Waals surface area contributed by atoms with Crippen LogP contribution in [0.25, 0.3) is 62.2 Å². The minimum atomic E-state index is 1.14. The lowest BCUT2D eigenvalue weighted by Gasteiger charge is -2.27. The number of anilines is 3. The van der Waals surface area contributed by atoms with Crippen LogP contribution in [0.15, 0.2) is 152 Å². The molecule has 0 atom stereocenters. The van der Waals surface area contributed by atoms with E-state index in [9.17, 15) is 0 Å². The molecule has 0 fully saturated rings. The molecule has 7 aromatic carbocycles. The van der Waals surface area contributed by atoms with E-state index in [1.165, 1.54) is 67.9 Å². The normalized spacial score (nSPS) is 11.7. The summed E-state index contributed by atoms with van der Waals surface area (Å²) in [5, 5.41) is 7.85. The van der Waals surface area contributed by atoms with Gasteiger partial charge in [-0.05, 0) is 76.5 Å². The van der Waals surface area contributed by atoms with Gasteiger partial charge in [-0.15, -0.1) is 22.7 Å². The smallest absolute Gasteiger partial charge is 0.0554 e. The van der Waals surface area contributed by atoms with Crippen LogP contribution in [0.4, 0.5) is 17.1 Å². The number of thiophene rings is 2. The molecular formula is C40H25NS2. The van der Waals surface area contributed by atoms with Gasteiger partial charge < -0.3 is 4.90 Å². The Hall–Kier alpha value is -4.96. The van der Waals surface area contributed by atoms with Gasteiger partial charge in [0, 0.05) is 51.7 Å².